The van der Waals surface area contributed by atoms with Gasteiger partial charge in [0.1, 0.15) is 5.76 Å². The molecule has 1 aromatic rings. The van der Waals surface area contributed by atoms with Gasteiger partial charge in [0.05, 0.1) is 6.54 Å². The number of likely N-dealkylation sites (tertiary alicyclic amines) is 2. The molecule has 0 unspecified atom stereocenters. The minimum absolute atomic E-state index is 0.148. The largest absolute Gasteiger partial charge is 0.456 e. The fraction of sp³-hybridized carbons (Fsp3) is 0.684. The van der Waals surface area contributed by atoms with E-state index in [9.17, 15) is 9.59 Å². The number of carbonyl (C=O) groups excluding carboxylic acids is 2. The van der Waals surface area contributed by atoms with E-state index in [2.05, 4.69) is 17.1 Å². The van der Waals surface area contributed by atoms with Crippen LogP contribution in [0.5, 0.6) is 0 Å². The first-order valence-electron chi connectivity index (χ1n) is 9.38. The third-order valence-electron chi connectivity index (χ3n) is 5.38. The molecule has 6 nitrogen and oxygen atoms in total. The molecule has 1 aromatic heterocycles. The van der Waals surface area contributed by atoms with Gasteiger partial charge in [0.25, 0.3) is 5.91 Å². The van der Waals surface area contributed by atoms with Crippen LogP contribution in [-0.4, -0.2) is 60.4 Å². The van der Waals surface area contributed by atoms with Crippen LogP contribution in [0.25, 0.3) is 0 Å². The molecule has 3 heterocycles. The second-order valence-corrected chi connectivity index (χ2v) is 7.50. The molecule has 0 saturated carbocycles. The predicted molar refractivity (Wildman–Crippen MR) is 95.4 cm³/mol. The summed E-state index contributed by atoms with van der Waals surface area (Å²) in [6.07, 6.45) is 3.98. The third kappa shape index (κ3) is 4.84. The van der Waals surface area contributed by atoms with Gasteiger partial charge in [-0.15, -0.1) is 0 Å². The van der Waals surface area contributed by atoms with Crippen molar-refractivity contribution in [2.24, 2.45) is 5.92 Å². The van der Waals surface area contributed by atoms with Gasteiger partial charge in [-0.05, 0) is 50.7 Å². The van der Waals surface area contributed by atoms with E-state index in [-0.39, 0.29) is 17.9 Å². The number of piperidine rings is 2. The number of hydrogen-bond donors (Lipinski definition) is 1. The monoisotopic (exact) mass is 347 g/mol. The number of nitrogens with zero attached hydrogens (tertiary/aromatic N) is 2. The molecule has 0 aliphatic carbocycles. The Kier molecular flexibility index (Phi) is 5.78. The summed E-state index contributed by atoms with van der Waals surface area (Å²) in [5, 5.41) is 3.04. The topological polar surface area (TPSA) is 65.8 Å². The highest BCUT2D eigenvalue weighted by atomic mass is 16.3. The summed E-state index contributed by atoms with van der Waals surface area (Å²) < 4.78 is 5.36. The molecule has 0 radical (unpaired) electrons. The van der Waals surface area contributed by atoms with Crippen molar-refractivity contribution < 1.29 is 14.0 Å². The summed E-state index contributed by atoms with van der Waals surface area (Å²) in [6.45, 7) is 8.08. The maximum Gasteiger partial charge on any atom is 0.287 e. The number of aryl methyl sites for hydroxylation is 1. The molecule has 0 aromatic carbocycles. The third-order valence-corrected chi connectivity index (χ3v) is 5.38. The number of amides is 2. The van der Waals surface area contributed by atoms with Crippen molar-refractivity contribution in [2.75, 3.05) is 32.7 Å². The van der Waals surface area contributed by atoms with Crippen LogP contribution < -0.4 is 5.32 Å². The summed E-state index contributed by atoms with van der Waals surface area (Å²) in [5.41, 5.74) is 0. The van der Waals surface area contributed by atoms with Gasteiger partial charge in [-0.2, -0.15) is 0 Å². The second-order valence-electron chi connectivity index (χ2n) is 7.50. The molecule has 2 amide bonds. The first kappa shape index (κ1) is 18.0. The molecule has 138 valence electrons. The lowest BCUT2D eigenvalue weighted by Gasteiger charge is -2.35. The molecule has 25 heavy (non-hydrogen) atoms. The lowest BCUT2D eigenvalue weighted by molar-refractivity contribution is -0.134. The molecule has 2 aliphatic rings. The van der Waals surface area contributed by atoms with Crippen LogP contribution in [0.4, 0.5) is 0 Å². The van der Waals surface area contributed by atoms with Gasteiger partial charge >= 0.3 is 0 Å². The standard InChI is InChI=1S/C19H29N3O3/c1-14-5-11-22(12-6-14)18(23)13-21-9-7-16(8-10-21)20-19(24)17-4-3-15(2)25-17/h3-4,14,16H,5-13H2,1-2H3,(H,20,24). The Morgan fingerprint density at radius 1 is 1.12 bits per heavy atom. The van der Waals surface area contributed by atoms with Gasteiger partial charge in [0.15, 0.2) is 5.76 Å². The summed E-state index contributed by atoms with van der Waals surface area (Å²) in [4.78, 5) is 28.8. The fourth-order valence-electron chi connectivity index (χ4n) is 3.60. The Morgan fingerprint density at radius 3 is 2.40 bits per heavy atom. The van der Waals surface area contributed by atoms with Crippen LogP contribution >= 0.6 is 0 Å². The Labute approximate surface area is 149 Å². The van der Waals surface area contributed by atoms with Crippen LogP contribution in [0.15, 0.2) is 16.5 Å². The number of nitrogens with one attached hydrogen (secondary N) is 1. The van der Waals surface area contributed by atoms with Crippen LogP contribution in [0.3, 0.4) is 0 Å². The van der Waals surface area contributed by atoms with E-state index in [1.807, 2.05) is 11.8 Å². The fourth-order valence-corrected chi connectivity index (χ4v) is 3.60. The van der Waals surface area contributed by atoms with E-state index < -0.39 is 0 Å². The quantitative estimate of drug-likeness (QED) is 0.905. The first-order chi connectivity index (χ1) is 12.0. The van der Waals surface area contributed by atoms with E-state index in [0.29, 0.717) is 12.3 Å². The highest BCUT2D eigenvalue weighted by Crippen LogP contribution is 2.17. The average molecular weight is 347 g/mol. The molecule has 0 spiro atoms. The molecule has 2 saturated heterocycles. The maximum atomic E-state index is 12.4. The molecule has 6 heteroatoms. The Bertz CT molecular complexity index is 597. The van der Waals surface area contributed by atoms with Gasteiger partial charge in [-0.1, -0.05) is 6.92 Å². The van der Waals surface area contributed by atoms with Gasteiger partial charge < -0.3 is 14.6 Å². The van der Waals surface area contributed by atoms with Crippen molar-refractivity contribution in [3.05, 3.63) is 23.7 Å². The molecular formula is C19H29N3O3. The second kappa shape index (κ2) is 8.04. The normalized spacial score (nSPS) is 20.6. The number of rotatable bonds is 4. The number of hydrogen-bond acceptors (Lipinski definition) is 4. The van der Waals surface area contributed by atoms with E-state index in [1.54, 1.807) is 12.1 Å². The highest BCUT2D eigenvalue weighted by molar-refractivity contribution is 5.91. The van der Waals surface area contributed by atoms with E-state index >= 15 is 0 Å². The highest BCUT2D eigenvalue weighted by Gasteiger charge is 2.26. The van der Waals surface area contributed by atoms with E-state index in [4.69, 9.17) is 4.42 Å². The molecular weight excluding hydrogens is 318 g/mol. The van der Waals surface area contributed by atoms with Crippen molar-refractivity contribution >= 4 is 11.8 Å². The minimum atomic E-state index is -0.148. The van der Waals surface area contributed by atoms with E-state index in [0.717, 1.165) is 63.5 Å². The van der Waals surface area contributed by atoms with Gasteiger partial charge in [-0.25, -0.2) is 0 Å². The average Bonchev–Trinajstić information content (AvgIpc) is 3.04. The van der Waals surface area contributed by atoms with Crippen LogP contribution in [0.1, 0.15) is 48.9 Å². The van der Waals surface area contributed by atoms with E-state index in [1.165, 1.54) is 0 Å². The van der Waals surface area contributed by atoms with Crippen molar-refractivity contribution in [1.82, 2.24) is 15.1 Å². The van der Waals surface area contributed by atoms with Crippen molar-refractivity contribution in [3.63, 3.8) is 0 Å². The Hall–Kier alpha value is -1.82. The molecule has 3 rings (SSSR count). The zero-order valence-electron chi connectivity index (χ0n) is 15.3. The Balaban J connectivity index is 1.39. The first-order valence-corrected chi connectivity index (χ1v) is 9.38. The summed E-state index contributed by atoms with van der Waals surface area (Å²) >= 11 is 0. The lowest BCUT2D eigenvalue weighted by Crippen LogP contribution is -2.49. The van der Waals surface area contributed by atoms with Crippen LogP contribution in [0, 0.1) is 12.8 Å². The van der Waals surface area contributed by atoms with Gasteiger partial charge in [-0.3, -0.25) is 14.5 Å². The number of furan rings is 1. The zero-order valence-corrected chi connectivity index (χ0v) is 15.3. The van der Waals surface area contributed by atoms with Crippen LogP contribution in [-0.2, 0) is 4.79 Å². The molecule has 2 aliphatic heterocycles. The van der Waals surface area contributed by atoms with Gasteiger partial charge in [0, 0.05) is 32.2 Å². The molecule has 2 fully saturated rings. The molecule has 0 atom stereocenters. The summed E-state index contributed by atoms with van der Waals surface area (Å²) in [6, 6.07) is 3.66. The molecule has 0 bridgehead atoms. The number of carbonyl (C=O) groups is 2. The van der Waals surface area contributed by atoms with Crippen molar-refractivity contribution in [2.45, 2.75) is 45.6 Å². The SMILES string of the molecule is Cc1ccc(C(=O)NC2CCN(CC(=O)N3CCC(C)CC3)CC2)o1. The zero-order chi connectivity index (χ0) is 17.8. The predicted octanol–water partition coefficient (Wildman–Crippen LogP) is 2.04. The summed E-state index contributed by atoms with van der Waals surface area (Å²) in [7, 11) is 0. The smallest absolute Gasteiger partial charge is 0.287 e. The van der Waals surface area contributed by atoms with Crippen LogP contribution in [0.2, 0.25) is 0 Å². The maximum absolute atomic E-state index is 12.4. The molecule has 1 N–H and O–H groups in total. The van der Waals surface area contributed by atoms with Crippen molar-refractivity contribution in [1.29, 1.82) is 0 Å². The Morgan fingerprint density at radius 2 is 1.80 bits per heavy atom. The lowest BCUT2D eigenvalue weighted by atomic mass is 9.99. The van der Waals surface area contributed by atoms with Crippen molar-refractivity contribution in [3.8, 4) is 0 Å². The minimum Gasteiger partial charge on any atom is -0.456 e. The van der Waals surface area contributed by atoms with Gasteiger partial charge in [0.2, 0.25) is 5.91 Å². The summed E-state index contributed by atoms with van der Waals surface area (Å²) in [5.74, 6) is 1.95.